The Bertz CT molecular complexity index is 855. The summed E-state index contributed by atoms with van der Waals surface area (Å²) in [6.45, 7) is 0. The van der Waals surface area contributed by atoms with Gasteiger partial charge in [-0.15, -0.1) is 0 Å². The lowest BCUT2D eigenvalue weighted by molar-refractivity contribution is -0.385. The van der Waals surface area contributed by atoms with Gasteiger partial charge < -0.3 is 10.2 Å². The second kappa shape index (κ2) is 7.41. The predicted octanol–water partition coefficient (Wildman–Crippen LogP) is 3.29. The number of benzene rings is 2. The molecule has 3 N–H and O–H groups in total. The van der Waals surface area contributed by atoms with E-state index in [1.807, 2.05) is 0 Å². The Morgan fingerprint density at radius 1 is 1.21 bits per heavy atom. The number of halogens is 2. The third kappa shape index (κ3) is 4.09. The fourth-order valence-corrected chi connectivity index (χ4v) is 2.58. The van der Waals surface area contributed by atoms with Crippen molar-refractivity contribution in [1.82, 2.24) is 5.43 Å². The Hall–Kier alpha value is -2.46. The molecule has 8 nitrogen and oxygen atoms in total. The molecule has 0 aliphatic rings. The van der Waals surface area contributed by atoms with E-state index in [4.69, 9.17) is 0 Å². The van der Waals surface area contributed by atoms with Crippen LogP contribution in [0.25, 0.3) is 0 Å². The SMILES string of the molecule is O=C(N/N=C\c1cc(Br)cc([N+](=O)[O-])c1O)c1cc(Br)ccc1O. The molecule has 0 aliphatic carbocycles. The number of nitro groups is 1. The number of nitrogens with one attached hydrogen (secondary N) is 1. The first kappa shape index (κ1) is 17.9. The monoisotopic (exact) mass is 457 g/mol. The molecule has 2 aromatic carbocycles. The highest BCUT2D eigenvalue weighted by atomic mass is 79.9. The van der Waals surface area contributed by atoms with Gasteiger partial charge in [-0.25, -0.2) is 5.43 Å². The van der Waals surface area contributed by atoms with Gasteiger partial charge >= 0.3 is 5.69 Å². The summed E-state index contributed by atoms with van der Waals surface area (Å²) in [6, 6.07) is 6.85. The molecule has 24 heavy (non-hydrogen) atoms. The van der Waals surface area contributed by atoms with Crippen LogP contribution in [0.3, 0.4) is 0 Å². The van der Waals surface area contributed by atoms with Crippen LogP contribution in [0.15, 0.2) is 44.4 Å². The van der Waals surface area contributed by atoms with Crippen LogP contribution in [0, 0.1) is 10.1 Å². The number of phenols is 2. The van der Waals surface area contributed by atoms with Crippen LogP contribution in [-0.4, -0.2) is 27.3 Å². The Labute approximate surface area is 152 Å². The van der Waals surface area contributed by atoms with Crippen LogP contribution in [0.2, 0.25) is 0 Å². The van der Waals surface area contributed by atoms with E-state index in [9.17, 15) is 25.1 Å². The minimum atomic E-state index is -0.741. The number of nitrogens with zero attached hydrogens (tertiary/aromatic N) is 2. The summed E-state index contributed by atoms with van der Waals surface area (Å²) in [7, 11) is 0. The number of nitro benzene ring substituents is 1. The summed E-state index contributed by atoms with van der Waals surface area (Å²) in [6.07, 6.45) is 1.06. The molecule has 2 aromatic rings. The number of hydrazone groups is 1. The molecule has 0 aliphatic heterocycles. The number of hydrogen-bond acceptors (Lipinski definition) is 6. The van der Waals surface area contributed by atoms with Gasteiger partial charge in [0.25, 0.3) is 5.91 Å². The van der Waals surface area contributed by atoms with Crippen LogP contribution in [0.4, 0.5) is 5.69 Å². The number of rotatable bonds is 4. The number of aromatic hydroxyl groups is 2. The lowest BCUT2D eigenvalue weighted by Crippen LogP contribution is -2.17. The second-order valence-electron chi connectivity index (χ2n) is 4.48. The molecule has 0 bridgehead atoms. The van der Waals surface area contributed by atoms with E-state index in [-0.39, 0.29) is 16.9 Å². The van der Waals surface area contributed by atoms with Crippen molar-refractivity contribution >= 4 is 49.7 Å². The van der Waals surface area contributed by atoms with E-state index < -0.39 is 22.3 Å². The number of carbonyl (C=O) groups excluding carboxylic acids is 1. The largest absolute Gasteiger partial charge is 0.507 e. The van der Waals surface area contributed by atoms with Gasteiger partial charge in [0.15, 0.2) is 0 Å². The average molecular weight is 459 g/mol. The van der Waals surface area contributed by atoms with E-state index in [1.54, 1.807) is 6.07 Å². The molecule has 0 atom stereocenters. The van der Waals surface area contributed by atoms with Gasteiger partial charge in [0.05, 0.1) is 16.7 Å². The Morgan fingerprint density at radius 2 is 1.92 bits per heavy atom. The van der Waals surface area contributed by atoms with E-state index >= 15 is 0 Å². The van der Waals surface area contributed by atoms with Gasteiger partial charge in [-0.1, -0.05) is 31.9 Å². The number of hydrogen-bond donors (Lipinski definition) is 3. The Kier molecular flexibility index (Phi) is 5.52. The van der Waals surface area contributed by atoms with E-state index in [2.05, 4.69) is 42.4 Å². The summed E-state index contributed by atoms with van der Waals surface area (Å²) < 4.78 is 0.957. The van der Waals surface area contributed by atoms with Gasteiger partial charge in [-0.2, -0.15) is 5.10 Å². The molecule has 0 fully saturated rings. The van der Waals surface area contributed by atoms with Crippen molar-refractivity contribution in [3.8, 4) is 11.5 Å². The second-order valence-corrected chi connectivity index (χ2v) is 6.31. The van der Waals surface area contributed by atoms with Crippen molar-refractivity contribution in [2.75, 3.05) is 0 Å². The zero-order valence-electron chi connectivity index (χ0n) is 11.7. The molecule has 1 amide bonds. The molecule has 10 heteroatoms. The molecule has 0 heterocycles. The van der Waals surface area contributed by atoms with Crippen molar-refractivity contribution in [2.45, 2.75) is 0 Å². The highest BCUT2D eigenvalue weighted by molar-refractivity contribution is 9.10. The minimum Gasteiger partial charge on any atom is -0.507 e. The van der Waals surface area contributed by atoms with Crippen LogP contribution in [0.1, 0.15) is 15.9 Å². The van der Waals surface area contributed by atoms with Crippen molar-refractivity contribution in [3.05, 3.63) is 60.5 Å². The number of phenolic OH excluding ortho intramolecular Hbond substituents is 2. The van der Waals surface area contributed by atoms with Crippen molar-refractivity contribution in [3.63, 3.8) is 0 Å². The van der Waals surface area contributed by atoms with Crippen molar-refractivity contribution in [2.24, 2.45) is 5.10 Å². The maximum atomic E-state index is 11.9. The quantitative estimate of drug-likeness (QED) is 0.368. The van der Waals surface area contributed by atoms with E-state index in [0.29, 0.717) is 8.95 Å². The standard InChI is InChI=1S/C14H9Br2N3O5/c15-8-1-2-12(20)10(4-8)14(22)18-17-6-7-3-9(16)5-11(13(7)21)19(23)24/h1-6,20-21H,(H,18,22)/b17-6-. The van der Waals surface area contributed by atoms with Crippen LogP contribution in [-0.2, 0) is 0 Å². The molecule has 2 rings (SSSR count). The van der Waals surface area contributed by atoms with E-state index in [1.165, 1.54) is 18.2 Å². The van der Waals surface area contributed by atoms with Gasteiger partial charge in [-0.3, -0.25) is 14.9 Å². The summed E-state index contributed by atoms with van der Waals surface area (Å²) in [5.74, 6) is -1.49. The van der Waals surface area contributed by atoms with E-state index in [0.717, 1.165) is 12.3 Å². The van der Waals surface area contributed by atoms with Crippen LogP contribution in [0.5, 0.6) is 11.5 Å². The number of amides is 1. The van der Waals surface area contributed by atoms with Crippen LogP contribution < -0.4 is 5.43 Å². The molecule has 124 valence electrons. The minimum absolute atomic E-state index is 0.00836. The maximum absolute atomic E-state index is 11.9. The lowest BCUT2D eigenvalue weighted by Gasteiger charge is -2.04. The lowest BCUT2D eigenvalue weighted by atomic mass is 10.2. The molecule has 0 saturated heterocycles. The molecular weight excluding hydrogens is 450 g/mol. The van der Waals surface area contributed by atoms with Gasteiger partial charge in [0.1, 0.15) is 5.75 Å². The summed E-state index contributed by atoms with van der Waals surface area (Å²) in [5, 5.41) is 34.0. The zero-order valence-corrected chi connectivity index (χ0v) is 14.9. The fraction of sp³-hybridized carbons (Fsp3) is 0. The van der Waals surface area contributed by atoms with Gasteiger partial charge in [0, 0.05) is 20.6 Å². The van der Waals surface area contributed by atoms with Gasteiger partial charge in [-0.05, 0) is 24.3 Å². The third-order valence-corrected chi connectivity index (χ3v) is 3.80. The molecule has 0 radical (unpaired) electrons. The summed E-state index contributed by atoms with van der Waals surface area (Å²) in [5.41, 5.74) is 1.69. The van der Waals surface area contributed by atoms with Gasteiger partial charge in [0.2, 0.25) is 5.75 Å². The normalized spacial score (nSPS) is 10.8. The topological polar surface area (TPSA) is 125 Å². The zero-order chi connectivity index (χ0) is 17.9. The molecule has 0 unspecified atom stereocenters. The first-order valence-corrected chi connectivity index (χ1v) is 7.87. The van der Waals surface area contributed by atoms with Crippen LogP contribution >= 0.6 is 31.9 Å². The molecule has 0 aromatic heterocycles. The average Bonchev–Trinajstić information content (AvgIpc) is 2.52. The predicted molar refractivity (Wildman–Crippen MR) is 93.3 cm³/mol. The fourth-order valence-electron chi connectivity index (χ4n) is 1.75. The summed E-state index contributed by atoms with van der Waals surface area (Å²) >= 11 is 6.26. The maximum Gasteiger partial charge on any atom is 0.312 e. The summed E-state index contributed by atoms with van der Waals surface area (Å²) in [4.78, 5) is 22.0. The Balaban J connectivity index is 2.22. The molecular formula is C14H9Br2N3O5. The highest BCUT2D eigenvalue weighted by Gasteiger charge is 2.17. The first-order valence-electron chi connectivity index (χ1n) is 6.28. The number of carbonyl (C=O) groups is 1. The molecule has 0 spiro atoms. The Morgan fingerprint density at radius 3 is 2.58 bits per heavy atom. The highest BCUT2D eigenvalue weighted by Crippen LogP contribution is 2.32. The van der Waals surface area contributed by atoms with Crippen molar-refractivity contribution in [1.29, 1.82) is 0 Å². The third-order valence-electron chi connectivity index (χ3n) is 2.85. The first-order chi connectivity index (χ1) is 11.3. The molecule has 0 saturated carbocycles. The smallest absolute Gasteiger partial charge is 0.312 e. The van der Waals surface area contributed by atoms with Crippen molar-refractivity contribution < 1.29 is 19.9 Å².